The molecule has 0 aliphatic heterocycles. The first-order valence-corrected chi connectivity index (χ1v) is 5.58. The summed E-state index contributed by atoms with van der Waals surface area (Å²) >= 11 is 0. The Morgan fingerprint density at radius 1 is 1.15 bits per heavy atom. The Labute approximate surface area is 78.6 Å². The molecule has 0 amide bonds. The summed E-state index contributed by atoms with van der Waals surface area (Å²) in [6, 6.07) is 5.14. The van der Waals surface area contributed by atoms with Gasteiger partial charge in [-0.2, -0.15) is 13.0 Å². The molecule has 13 heavy (non-hydrogen) atoms. The van der Waals surface area contributed by atoms with E-state index < -0.39 is 16.0 Å². The van der Waals surface area contributed by atoms with Crippen molar-refractivity contribution in [1.82, 2.24) is 0 Å². The summed E-state index contributed by atoms with van der Waals surface area (Å²) in [5, 5.41) is 0. The summed E-state index contributed by atoms with van der Waals surface area (Å²) in [6.45, 7) is 4.00. The highest BCUT2D eigenvalue weighted by atomic mass is 32.2. The number of rotatable bonds is 2. The summed E-state index contributed by atoms with van der Waals surface area (Å²) < 4.78 is 30.5. The first-order valence-electron chi connectivity index (χ1n) is 3.97. The standard InChI is InChI=1S/C6H7NO3S.C2H6/c8-11(9,10)6-7-4-2-1-3-5-7;1-2/h1-5H,6H2;1-2H3/p+1. The second-order valence-electron chi connectivity index (χ2n) is 2.10. The summed E-state index contributed by atoms with van der Waals surface area (Å²) in [5.41, 5.74) is 0. The molecule has 4 nitrogen and oxygen atoms in total. The van der Waals surface area contributed by atoms with E-state index in [4.69, 9.17) is 4.55 Å². The Kier molecular flexibility index (Phi) is 5.25. The van der Waals surface area contributed by atoms with Crippen molar-refractivity contribution in [2.75, 3.05) is 0 Å². The second kappa shape index (κ2) is 5.66. The highest BCUT2D eigenvalue weighted by Crippen LogP contribution is 1.82. The van der Waals surface area contributed by atoms with Crippen LogP contribution in [0.2, 0.25) is 0 Å². The molecule has 0 unspecified atom stereocenters. The molecule has 1 heterocycles. The van der Waals surface area contributed by atoms with Crippen LogP contribution in [-0.2, 0) is 16.0 Å². The topological polar surface area (TPSA) is 58.3 Å². The van der Waals surface area contributed by atoms with Gasteiger partial charge < -0.3 is 0 Å². The van der Waals surface area contributed by atoms with Crippen molar-refractivity contribution < 1.29 is 17.5 Å². The Morgan fingerprint density at radius 2 is 1.62 bits per heavy atom. The van der Waals surface area contributed by atoms with Gasteiger partial charge >= 0.3 is 10.1 Å². The van der Waals surface area contributed by atoms with Gasteiger partial charge in [0.1, 0.15) is 0 Å². The van der Waals surface area contributed by atoms with Crippen LogP contribution in [0.1, 0.15) is 13.8 Å². The highest BCUT2D eigenvalue weighted by molar-refractivity contribution is 7.84. The van der Waals surface area contributed by atoms with E-state index in [1.54, 1.807) is 30.6 Å². The number of nitrogens with zero attached hydrogens (tertiary/aromatic N) is 1. The third-order valence-corrected chi connectivity index (χ3v) is 1.71. The largest absolute Gasteiger partial charge is 0.326 e. The van der Waals surface area contributed by atoms with Crippen molar-refractivity contribution in [2.45, 2.75) is 19.7 Å². The first kappa shape index (κ1) is 12.1. The van der Waals surface area contributed by atoms with Crippen LogP contribution in [0, 0.1) is 0 Å². The van der Waals surface area contributed by atoms with Crippen LogP contribution in [0.15, 0.2) is 30.6 Å². The Bertz CT molecular complexity index is 321. The molecule has 5 heteroatoms. The molecule has 0 radical (unpaired) electrons. The van der Waals surface area contributed by atoms with Crippen molar-refractivity contribution >= 4 is 10.1 Å². The van der Waals surface area contributed by atoms with Gasteiger partial charge in [0.15, 0.2) is 12.4 Å². The van der Waals surface area contributed by atoms with Crippen molar-refractivity contribution in [1.29, 1.82) is 0 Å². The minimum Gasteiger partial charge on any atom is -0.281 e. The van der Waals surface area contributed by atoms with Crippen molar-refractivity contribution in [2.24, 2.45) is 0 Å². The maximum Gasteiger partial charge on any atom is 0.326 e. The quantitative estimate of drug-likeness (QED) is 0.574. The van der Waals surface area contributed by atoms with E-state index in [9.17, 15) is 8.42 Å². The van der Waals surface area contributed by atoms with E-state index in [-0.39, 0.29) is 0 Å². The van der Waals surface area contributed by atoms with Gasteiger partial charge in [0.2, 0.25) is 0 Å². The predicted octanol–water partition coefficient (Wildman–Crippen LogP) is 0.846. The molecular formula is C8H14NO3S+. The lowest BCUT2D eigenvalue weighted by Crippen LogP contribution is -2.36. The Balaban J connectivity index is 0.000000671. The molecule has 0 bridgehead atoms. The zero-order chi connectivity index (χ0) is 10.3. The van der Waals surface area contributed by atoms with Crippen molar-refractivity contribution in [3.8, 4) is 0 Å². The molecule has 0 aromatic carbocycles. The highest BCUT2D eigenvalue weighted by Gasteiger charge is 2.10. The fraction of sp³-hybridized carbons (Fsp3) is 0.375. The van der Waals surface area contributed by atoms with Gasteiger partial charge in [-0.05, 0) is 0 Å². The molecule has 0 spiro atoms. The molecule has 0 saturated heterocycles. The number of hydrogen-bond donors (Lipinski definition) is 1. The molecule has 1 N–H and O–H groups in total. The first-order chi connectivity index (χ1) is 6.08. The minimum atomic E-state index is -3.91. The van der Waals surface area contributed by atoms with Crippen LogP contribution < -0.4 is 4.57 Å². The summed E-state index contributed by atoms with van der Waals surface area (Å²) in [7, 11) is -3.91. The zero-order valence-electron chi connectivity index (χ0n) is 7.71. The lowest BCUT2D eigenvalue weighted by atomic mass is 10.5. The molecule has 74 valence electrons. The van der Waals surface area contributed by atoms with Gasteiger partial charge in [-0.15, -0.1) is 0 Å². The van der Waals surface area contributed by atoms with Crippen LogP contribution in [0.4, 0.5) is 0 Å². The van der Waals surface area contributed by atoms with Gasteiger partial charge in [0, 0.05) is 12.1 Å². The zero-order valence-corrected chi connectivity index (χ0v) is 8.53. The fourth-order valence-electron chi connectivity index (χ4n) is 0.709. The van der Waals surface area contributed by atoms with Gasteiger partial charge in [-0.3, -0.25) is 4.55 Å². The van der Waals surface area contributed by atoms with E-state index in [1.807, 2.05) is 13.8 Å². The minimum absolute atomic E-state index is 0.395. The Hall–Kier alpha value is -0.940. The van der Waals surface area contributed by atoms with Crippen molar-refractivity contribution in [3.63, 3.8) is 0 Å². The molecule has 0 atom stereocenters. The predicted molar refractivity (Wildman–Crippen MR) is 49.5 cm³/mol. The summed E-state index contributed by atoms with van der Waals surface area (Å²) in [5.74, 6) is -0.395. The summed E-state index contributed by atoms with van der Waals surface area (Å²) in [4.78, 5) is 0. The van der Waals surface area contributed by atoms with Crippen LogP contribution in [-0.4, -0.2) is 13.0 Å². The average molecular weight is 204 g/mol. The summed E-state index contributed by atoms with van der Waals surface area (Å²) in [6.07, 6.45) is 3.13. The lowest BCUT2D eigenvalue weighted by molar-refractivity contribution is -0.678. The normalized spacial score (nSPS) is 10.1. The van der Waals surface area contributed by atoms with E-state index in [0.29, 0.717) is 0 Å². The molecule has 1 rings (SSSR count). The van der Waals surface area contributed by atoms with Crippen molar-refractivity contribution in [3.05, 3.63) is 30.6 Å². The maximum atomic E-state index is 10.3. The number of pyridine rings is 1. The van der Waals surface area contributed by atoms with Crippen LogP contribution in [0.3, 0.4) is 0 Å². The van der Waals surface area contributed by atoms with Gasteiger partial charge in [0.05, 0.1) is 0 Å². The maximum absolute atomic E-state index is 10.3. The van der Waals surface area contributed by atoms with Crippen LogP contribution in [0.5, 0.6) is 0 Å². The lowest BCUT2D eigenvalue weighted by Gasteiger charge is -1.90. The third-order valence-electron chi connectivity index (χ3n) is 1.09. The van der Waals surface area contributed by atoms with Gasteiger partial charge in [-0.1, -0.05) is 19.9 Å². The van der Waals surface area contributed by atoms with Crippen LogP contribution in [0.25, 0.3) is 0 Å². The molecule has 0 saturated carbocycles. The monoisotopic (exact) mass is 204 g/mol. The molecule has 1 aromatic rings. The number of hydrogen-bond acceptors (Lipinski definition) is 2. The van der Waals surface area contributed by atoms with E-state index in [0.717, 1.165) is 0 Å². The fourth-order valence-corrected chi connectivity index (χ4v) is 1.26. The van der Waals surface area contributed by atoms with E-state index in [1.165, 1.54) is 4.57 Å². The van der Waals surface area contributed by atoms with E-state index in [2.05, 4.69) is 0 Å². The Morgan fingerprint density at radius 3 is 2.00 bits per heavy atom. The molecule has 0 aliphatic carbocycles. The van der Waals surface area contributed by atoms with Gasteiger partial charge in [0.25, 0.3) is 5.88 Å². The molecule has 0 fully saturated rings. The van der Waals surface area contributed by atoms with Gasteiger partial charge in [-0.25, -0.2) is 0 Å². The number of aromatic nitrogens is 1. The second-order valence-corrected chi connectivity index (χ2v) is 3.52. The smallest absolute Gasteiger partial charge is 0.281 e. The molecular weight excluding hydrogens is 190 g/mol. The van der Waals surface area contributed by atoms with E-state index >= 15 is 0 Å². The third kappa shape index (κ3) is 6.24. The molecule has 1 aromatic heterocycles. The SMILES string of the molecule is CC.O=S(=O)(O)C[n+]1ccccc1. The van der Waals surface area contributed by atoms with Crippen LogP contribution >= 0.6 is 0 Å². The average Bonchev–Trinajstić information content (AvgIpc) is 2.07. The molecule has 0 aliphatic rings.